The molecule has 0 bridgehead atoms. The van der Waals surface area contributed by atoms with E-state index in [1.165, 1.54) is 0 Å². The summed E-state index contributed by atoms with van der Waals surface area (Å²) in [5, 5.41) is 20.9. The molecule has 1 aromatic carbocycles. The molecule has 1 amide bonds. The molecule has 1 rings (SSSR count). The largest absolute Gasteiger partial charge is 0.545 e. The van der Waals surface area contributed by atoms with E-state index >= 15 is 0 Å². The van der Waals surface area contributed by atoms with Crippen molar-refractivity contribution >= 4 is 35.5 Å². The summed E-state index contributed by atoms with van der Waals surface area (Å²) in [5.74, 6) is -4.13. The first-order valence-electron chi connectivity index (χ1n) is 11.9. The van der Waals surface area contributed by atoms with Gasteiger partial charge in [0.2, 0.25) is 0 Å². The molecule has 0 heterocycles. The van der Waals surface area contributed by atoms with Gasteiger partial charge >= 0.3 is 23.6 Å². The summed E-state index contributed by atoms with van der Waals surface area (Å²) >= 11 is 0. The molecule has 0 aliphatic rings. The van der Waals surface area contributed by atoms with Gasteiger partial charge in [-0.05, 0) is 73.6 Å². The molecule has 12 nitrogen and oxygen atoms in total. The van der Waals surface area contributed by atoms with Crippen molar-refractivity contribution in [1.29, 1.82) is 0 Å². The Morgan fingerprint density at radius 1 is 0.784 bits per heavy atom. The number of amides is 1. The summed E-state index contributed by atoms with van der Waals surface area (Å²) in [6, 6.07) is 2.97. The first-order valence-corrected chi connectivity index (χ1v) is 15.9. The fraction of sp³-hybridized carbons (Fsp3) is 0.609. The Morgan fingerprint density at radius 3 is 1.46 bits per heavy atom. The number of carbonyl (C=O) groups is 3. The summed E-state index contributed by atoms with van der Waals surface area (Å²) in [6.45, 7) is 13.4. The van der Waals surface area contributed by atoms with E-state index in [-0.39, 0.29) is 5.56 Å². The van der Waals surface area contributed by atoms with E-state index < -0.39 is 83.3 Å². The monoisotopic (exact) mass is 560 g/mol. The van der Waals surface area contributed by atoms with E-state index in [2.05, 4.69) is 0 Å². The lowest BCUT2D eigenvalue weighted by atomic mass is 10.0. The van der Waals surface area contributed by atoms with Crippen LogP contribution in [-0.4, -0.2) is 91.8 Å². The quantitative estimate of drug-likeness (QED) is 0.259. The van der Waals surface area contributed by atoms with Crippen molar-refractivity contribution in [1.82, 2.24) is 4.90 Å². The van der Waals surface area contributed by atoms with Gasteiger partial charge in [0, 0.05) is 35.5 Å². The highest BCUT2D eigenvalue weighted by molar-refractivity contribution is 6.61. The first-order chi connectivity index (χ1) is 16.9. The molecule has 0 fully saturated rings. The lowest BCUT2D eigenvalue weighted by Crippen LogP contribution is -2.62. The Labute approximate surface area is 219 Å². The summed E-state index contributed by atoms with van der Waals surface area (Å²) in [7, 11) is -8.19. The number of carboxylic acids is 2. The van der Waals surface area contributed by atoms with Crippen LogP contribution >= 0.6 is 0 Å². The summed E-state index contributed by atoms with van der Waals surface area (Å²) < 4.78 is 22.8. The minimum atomic E-state index is -4.10. The highest BCUT2D eigenvalue weighted by atomic mass is 28.4. The van der Waals surface area contributed by atoms with Crippen LogP contribution in [0.3, 0.4) is 0 Å². The third kappa shape index (κ3) is 10.6. The number of hydrogen-bond donors (Lipinski definition) is 3. The first kappa shape index (κ1) is 32.9. The molecule has 210 valence electrons. The SMILES string of the molecule is CC(C)O[Si](O)(CN(C[Si](O)(OC(C)C)OC(C)C)C(=O)c1ccc(C(=O)O)c(C(=O)[O-])c1)OC(C)C. The zero-order chi connectivity index (χ0) is 28.7. The molecular weight excluding hydrogens is 522 g/mol. The number of hydrogen-bond acceptors (Lipinski definition) is 10. The second-order valence-corrected chi connectivity index (χ2v) is 14.0. The van der Waals surface area contributed by atoms with E-state index in [0.717, 1.165) is 23.1 Å². The van der Waals surface area contributed by atoms with Gasteiger partial charge in [0.1, 0.15) is 0 Å². The standard InChI is InChI=1S/C23H39NO11Si2/c1-14(2)32-36(30,33-15(3)4)12-24(13-37(31,34-16(5)6)35-17(7)8)21(25)18-9-10-19(22(26)27)20(11-18)23(28)29/h9-11,14-17,30-31H,12-13H2,1-8H3,(H,26,27)(H,28,29)/p-1. The molecule has 0 unspecified atom stereocenters. The van der Waals surface area contributed by atoms with Crippen LogP contribution in [0.5, 0.6) is 0 Å². The van der Waals surface area contributed by atoms with Gasteiger partial charge in [-0.1, -0.05) is 0 Å². The van der Waals surface area contributed by atoms with Crippen molar-refractivity contribution in [2.45, 2.75) is 79.8 Å². The maximum Gasteiger partial charge on any atom is 0.519 e. The highest BCUT2D eigenvalue weighted by Gasteiger charge is 2.48. The molecule has 37 heavy (non-hydrogen) atoms. The van der Waals surface area contributed by atoms with Crippen LogP contribution in [0.15, 0.2) is 18.2 Å². The molecule has 14 heteroatoms. The lowest BCUT2D eigenvalue weighted by Gasteiger charge is -2.37. The van der Waals surface area contributed by atoms with Crippen molar-refractivity contribution in [2.75, 3.05) is 12.3 Å². The predicted octanol–water partition coefficient (Wildman–Crippen LogP) is 0.831. The second kappa shape index (κ2) is 13.6. The molecule has 0 aromatic heterocycles. The van der Waals surface area contributed by atoms with Gasteiger partial charge in [-0.25, -0.2) is 4.79 Å². The number of rotatable bonds is 15. The number of nitrogens with zero attached hydrogens (tertiary/aromatic N) is 1. The van der Waals surface area contributed by atoms with E-state index in [1.54, 1.807) is 55.4 Å². The van der Waals surface area contributed by atoms with Gasteiger partial charge in [-0.3, -0.25) is 4.79 Å². The van der Waals surface area contributed by atoms with Crippen LogP contribution in [-0.2, 0) is 17.7 Å². The third-order valence-electron chi connectivity index (χ3n) is 4.46. The molecule has 0 atom stereocenters. The topological polar surface area (TPSA) is 175 Å². The normalized spacial score (nSPS) is 12.6. The van der Waals surface area contributed by atoms with E-state index in [1.807, 2.05) is 0 Å². The van der Waals surface area contributed by atoms with Crippen LogP contribution in [0.2, 0.25) is 0 Å². The molecular formula is C23H38NO11Si2-. The Hall–Kier alpha value is -2.18. The van der Waals surface area contributed by atoms with E-state index in [9.17, 15) is 34.2 Å². The minimum absolute atomic E-state index is 0.222. The minimum Gasteiger partial charge on any atom is -0.545 e. The van der Waals surface area contributed by atoms with Crippen molar-refractivity contribution in [2.24, 2.45) is 0 Å². The Morgan fingerprint density at radius 2 is 1.16 bits per heavy atom. The molecule has 1 aromatic rings. The fourth-order valence-electron chi connectivity index (χ4n) is 3.57. The third-order valence-corrected chi connectivity index (χ3v) is 9.39. The number of carbonyl (C=O) groups excluding carboxylic acids is 2. The average molecular weight is 561 g/mol. The molecule has 0 saturated heterocycles. The van der Waals surface area contributed by atoms with Crippen molar-refractivity contribution in [3.05, 3.63) is 34.9 Å². The molecule has 0 saturated carbocycles. The van der Waals surface area contributed by atoms with Gasteiger partial charge in [0.05, 0.1) is 23.9 Å². The summed E-state index contributed by atoms with van der Waals surface area (Å²) in [4.78, 5) is 60.3. The number of benzene rings is 1. The maximum absolute atomic E-state index is 13.7. The fourth-order valence-corrected chi connectivity index (χ4v) is 8.63. The van der Waals surface area contributed by atoms with Crippen LogP contribution in [0.1, 0.15) is 86.5 Å². The van der Waals surface area contributed by atoms with Gasteiger partial charge in [0.25, 0.3) is 5.91 Å². The van der Waals surface area contributed by atoms with Crippen LogP contribution < -0.4 is 5.11 Å². The Bertz CT molecular complexity index is 901. The van der Waals surface area contributed by atoms with Crippen molar-refractivity contribution in [3.8, 4) is 0 Å². The van der Waals surface area contributed by atoms with Gasteiger partial charge in [-0.2, -0.15) is 0 Å². The maximum atomic E-state index is 13.7. The lowest BCUT2D eigenvalue weighted by molar-refractivity contribution is -0.255. The van der Waals surface area contributed by atoms with E-state index in [0.29, 0.717) is 0 Å². The van der Waals surface area contributed by atoms with Crippen molar-refractivity contribution in [3.63, 3.8) is 0 Å². The number of aromatic carboxylic acids is 2. The smallest absolute Gasteiger partial charge is 0.519 e. The zero-order valence-electron chi connectivity index (χ0n) is 22.5. The highest BCUT2D eigenvalue weighted by Crippen LogP contribution is 2.21. The molecule has 0 aliphatic heterocycles. The second-order valence-electron chi connectivity index (χ2n) is 9.61. The van der Waals surface area contributed by atoms with Gasteiger partial charge < -0.3 is 47.2 Å². The van der Waals surface area contributed by atoms with Crippen LogP contribution in [0.4, 0.5) is 0 Å². The predicted molar refractivity (Wildman–Crippen MR) is 134 cm³/mol. The van der Waals surface area contributed by atoms with Gasteiger partial charge in [-0.15, -0.1) is 0 Å². The summed E-state index contributed by atoms with van der Waals surface area (Å²) in [5.41, 5.74) is -1.48. The van der Waals surface area contributed by atoms with Crippen LogP contribution in [0.25, 0.3) is 0 Å². The average Bonchev–Trinajstić information content (AvgIpc) is 2.69. The van der Waals surface area contributed by atoms with Crippen molar-refractivity contribution < 1.29 is 51.9 Å². The molecule has 0 radical (unpaired) electrons. The Balaban J connectivity index is 3.63. The zero-order valence-corrected chi connectivity index (χ0v) is 24.5. The molecule has 0 spiro atoms. The number of carboxylic acid groups (broad SMARTS) is 2. The molecule has 0 aliphatic carbocycles. The Kier molecular flexibility index (Phi) is 12.0. The van der Waals surface area contributed by atoms with Gasteiger partial charge in [0.15, 0.2) is 0 Å². The summed E-state index contributed by atoms with van der Waals surface area (Å²) in [6.07, 6.45) is -2.85. The van der Waals surface area contributed by atoms with E-state index in [4.69, 9.17) is 17.7 Å². The molecule has 3 N–H and O–H groups in total. The van der Waals surface area contributed by atoms with Crippen LogP contribution in [0, 0.1) is 0 Å².